The third kappa shape index (κ3) is 6.79. The van der Waals surface area contributed by atoms with Gasteiger partial charge in [0.2, 0.25) is 0 Å². The summed E-state index contributed by atoms with van der Waals surface area (Å²) in [6.07, 6.45) is 0.336. The molecule has 0 amide bonds. The van der Waals surface area contributed by atoms with Crippen LogP contribution in [0.15, 0.2) is 47.6 Å². The average molecular weight is 394 g/mol. The van der Waals surface area contributed by atoms with Crippen LogP contribution in [0.5, 0.6) is 11.5 Å². The van der Waals surface area contributed by atoms with Crippen LogP contribution in [0.2, 0.25) is 0 Å². The van der Waals surface area contributed by atoms with E-state index in [1.165, 1.54) is 18.3 Å². The highest BCUT2D eigenvalue weighted by molar-refractivity contribution is 5.81. The third-order valence-electron chi connectivity index (χ3n) is 3.87. The summed E-state index contributed by atoms with van der Waals surface area (Å²) in [5.41, 5.74) is 2.89. The van der Waals surface area contributed by atoms with E-state index >= 15 is 0 Å². The maximum absolute atomic E-state index is 12.7. The lowest BCUT2D eigenvalue weighted by molar-refractivity contribution is -0.137. The highest BCUT2D eigenvalue weighted by Gasteiger charge is 2.30. The zero-order valence-corrected chi connectivity index (χ0v) is 16.1. The minimum absolute atomic E-state index is 0.256. The molecule has 0 spiro atoms. The molecule has 152 valence electrons. The van der Waals surface area contributed by atoms with Gasteiger partial charge in [0, 0.05) is 0 Å². The lowest BCUT2D eigenvalue weighted by atomic mass is 10.2. The van der Waals surface area contributed by atoms with E-state index in [-0.39, 0.29) is 5.69 Å². The minimum atomic E-state index is -4.39. The van der Waals surface area contributed by atoms with E-state index in [0.717, 1.165) is 37.0 Å². The van der Waals surface area contributed by atoms with E-state index in [1.807, 2.05) is 19.1 Å². The first-order valence-electron chi connectivity index (χ1n) is 9.30. The first-order chi connectivity index (χ1) is 13.4. The molecule has 0 saturated heterocycles. The maximum Gasteiger partial charge on any atom is 0.416 e. The number of ether oxygens (including phenoxy) is 2. The number of hydrazone groups is 1. The monoisotopic (exact) mass is 394 g/mol. The molecule has 0 radical (unpaired) electrons. The average Bonchev–Trinajstić information content (AvgIpc) is 2.66. The Kier molecular flexibility index (Phi) is 8.17. The van der Waals surface area contributed by atoms with E-state index in [0.29, 0.717) is 24.7 Å². The molecule has 0 aliphatic rings. The van der Waals surface area contributed by atoms with E-state index in [9.17, 15) is 13.2 Å². The topological polar surface area (TPSA) is 42.8 Å². The van der Waals surface area contributed by atoms with Crippen LogP contribution in [0, 0.1) is 0 Å². The standard InChI is InChI=1S/C21H25F3N2O2/c1-3-5-6-12-28-19-11-10-16(13-20(19)27-4-2)15-25-26-18-9-7-8-17(14-18)21(22,23)24/h7-11,13-15,26H,3-6,12H2,1-2H3. The predicted molar refractivity (Wildman–Crippen MR) is 105 cm³/mol. The van der Waals surface area contributed by atoms with Crippen LogP contribution in [0.25, 0.3) is 0 Å². The molecule has 0 aromatic heterocycles. The van der Waals surface area contributed by atoms with Crippen molar-refractivity contribution < 1.29 is 22.6 Å². The summed E-state index contributed by atoms with van der Waals surface area (Å²) in [7, 11) is 0. The Morgan fingerprint density at radius 1 is 1.00 bits per heavy atom. The van der Waals surface area contributed by atoms with Crippen molar-refractivity contribution in [3.05, 3.63) is 53.6 Å². The predicted octanol–water partition coefficient (Wildman–Crippen LogP) is 6.12. The molecule has 2 aromatic carbocycles. The largest absolute Gasteiger partial charge is 0.490 e. The van der Waals surface area contributed by atoms with Crippen LogP contribution in [0.3, 0.4) is 0 Å². The van der Waals surface area contributed by atoms with Gasteiger partial charge in [0.25, 0.3) is 0 Å². The van der Waals surface area contributed by atoms with Gasteiger partial charge in [-0.25, -0.2) is 0 Å². The summed E-state index contributed by atoms with van der Waals surface area (Å²) in [6.45, 7) is 5.14. The van der Waals surface area contributed by atoms with Gasteiger partial charge < -0.3 is 9.47 Å². The highest BCUT2D eigenvalue weighted by atomic mass is 19.4. The molecule has 0 saturated carbocycles. The van der Waals surface area contributed by atoms with Gasteiger partial charge in [-0.05, 0) is 55.3 Å². The number of unbranched alkanes of at least 4 members (excludes halogenated alkanes) is 2. The van der Waals surface area contributed by atoms with Crippen molar-refractivity contribution in [1.29, 1.82) is 0 Å². The molecule has 0 aliphatic heterocycles. The summed E-state index contributed by atoms with van der Waals surface area (Å²) >= 11 is 0. The van der Waals surface area contributed by atoms with Crippen molar-refractivity contribution in [1.82, 2.24) is 0 Å². The normalized spacial score (nSPS) is 11.6. The molecule has 0 fully saturated rings. The Morgan fingerprint density at radius 3 is 2.54 bits per heavy atom. The van der Waals surface area contributed by atoms with Crippen molar-refractivity contribution in [2.45, 2.75) is 39.3 Å². The molecule has 4 nitrogen and oxygen atoms in total. The summed E-state index contributed by atoms with van der Waals surface area (Å²) in [4.78, 5) is 0. The second-order valence-electron chi connectivity index (χ2n) is 6.14. The Labute approximate surface area is 163 Å². The van der Waals surface area contributed by atoms with Crippen LogP contribution in [-0.4, -0.2) is 19.4 Å². The van der Waals surface area contributed by atoms with Gasteiger partial charge in [-0.2, -0.15) is 18.3 Å². The first-order valence-corrected chi connectivity index (χ1v) is 9.30. The smallest absolute Gasteiger partial charge is 0.416 e. The zero-order valence-electron chi connectivity index (χ0n) is 16.1. The number of hydrogen-bond donors (Lipinski definition) is 1. The summed E-state index contributed by atoms with van der Waals surface area (Å²) in [5.74, 6) is 1.28. The maximum atomic E-state index is 12.7. The number of halogens is 3. The molecule has 1 N–H and O–H groups in total. The number of alkyl halides is 3. The Morgan fingerprint density at radius 2 is 1.82 bits per heavy atom. The zero-order chi connectivity index (χ0) is 20.4. The number of hydrogen-bond acceptors (Lipinski definition) is 4. The molecule has 2 rings (SSSR count). The lowest BCUT2D eigenvalue weighted by Gasteiger charge is -2.12. The van der Waals surface area contributed by atoms with E-state index in [4.69, 9.17) is 9.47 Å². The summed E-state index contributed by atoms with van der Waals surface area (Å²) < 4.78 is 49.6. The Bertz CT molecular complexity index is 776. The fraction of sp³-hybridized carbons (Fsp3) is 0.381. The number of nitrogens with zero attached hydrogens (tertiary/aromatic N) is 1. The van der Waals surface area contributed by atoms with Crippen molar-refractivity contribution in [2.75, 3.05) is 18.6 Å². The molecule has 0 aliphatic carbocycles. The van der Waals surface area contributed by atoms with Crippen LogP contribution in [-0.2, 0) is 6.18 Å². The molecule has 2 aromatic rings. The van der Waals surface area contributed by atoms with E-state index in [2.05, 4.69) is 17.5 Å². The molecule has 28 heavy (non-hydrogen) atoms. The van der Waals surface area contributed by atoms with Gasteiger partial charge >= 0.3 is 6.18 Å². The summed E-state index contributed by atoms with van der Waals surface area (Å²) in [6, 6.07) is 10.3. The number of nitrogens with one attached hydrogen (secondary N) is 1. The minimum Gasteiger partial charge on any atom is -0.490 e. The van der Waals surface area contributed by atoms with Gasteiger partial charge in [-0.3, -0.25) is 5.43 Å². The third-order valence-corrected chi connectivity index (χ3v) is 3.87. The van der Waals surface area contributed by atoms with Gasteiger partial charge in [0.1, 0.15) is 0 Å². The first kappa shape index (κ1) is 21.6. The molecule has 0 atom stereocenters. The Hall–Kier alpha value is -2.70. The van der Waals surface area contributed by atoms with Gasteiger partial charge in [-0.15, -0.1) is 0 Å². The fourth-order valence-corrected chi connectivity index (χ4v) is 2.47. The fourth-order valence-electron chi connectivity index (χ4n) is 2.47. The van der Waals surface area contributed by atoms with Crippen LogP contribution in [0.1, 0.15) is 44.2 Å². The lowest BCUT2D eigenvalue weighted by Crippen LogP contribution is -2.05. The summed E-state index contributed by atoms with van der Waals surface area (Å²) in [5, 5.41) is 4.01. The van der Waals surface area contributed by atoms with E-state index < -0.39 is 11.7 Å². The number of rotatable bonds is 10. The van der Waals surface area contributed by atoms with E-state index in [1.54, 1.807) is 6.07 Å². The molecule has 0 heterocycles. The SMILES string of the molecule is CCCCCOc1ccc(C=NNc2cccc(C(F)(F)F)c2)cc1OCC. The van der Waals surface area contributed by atoms with Gasteiger partial charge in [0.15, 0.2) is 11.5 Å². The van der Waals surface area contributed by atoms with Gasteiger partial charge in [-0.1, -0.05) is 25.8 Å². The van der Waals surface area contributed by atoms with Gasteiger partial charge in [0.05, 0.1) is 30.7 Å². The molecule has 7 heteroatoms. The van der Waals surface area contributed by atoms with Crippen molar-refractivity contribution in [3.63, 3.8) is 0 Å². The second-order valence-corrected chi connectivity index (χ2v) is 6.14. The molecule has 0 unspecified atom stereocenters. The molecule has 0 bridgehead atoms. The van der Waals surface area contributed by atoms with Crippen molar-refractivity contribution in [3.8, 4) is 11.5 Å². The van der Waals surface area contributed by atoms with Crippen molar-refractivity contribution >= 4 is 11.9 Å². The Balaban J connectivity index is 2.04. The van der Waals surface area contributed by atoms with Crippen LogP contribution < -0.4 is 14.9 Å². The van der Waals surface area contributed by atoms with Crippen molar-refractivity contribution in [2.24, 2.45) is 5.10 Å². The van der Waals surface area contributed by atoms with Crippen LogP contribution >= 0.6 is 0 Å². The molecular formula is C21H25F3N2O2. The quantitative estimate of drug-likeness (QED) is 0.300. The number of anilines is 1. The second kappa shape index (κ2) is 10.6. The highest BCUT2D eigenvalue weighted by Crippen LogP contribution is 2.31. The van der Waals surface area contributed by atoms with Crippen LogP contribution in [0.4, 0.5) is 18.9 Å². The number of benzene rings is 2. The molecular weight excluding hydrogens is 369 g/mol.